The molecule has 0 saturated heterocycles. The molecule has 1 N–H and O–H groups in total. The highest BCUT2D eigenvalue weighted by molar-refractivity contribution is 5.78. The van der Waals surface area contributed by atoms with Gasteiger partial charge in [-0.25, -0.2) is 4.39 Å². The molecule has 0 saturated carbocycles. The predicted molar refractivity (Wildman–Crippen MR) is 93.1 cm³/mol. The van der Waals surface area contributed by atoms with Crippen molar-refractivity contribution >= 4 is 5.97 Å². The van der Waals surface area contributed by atoms with Crippen molar-refractivity contribution in [3.8, 4) is 23.0 Å². The summed E-state index contributed by atoms with van der Waals surface area (Å²) in [5.74, 6) is 0.803. The number of esters is 1. The molecule has 0 amide bonds. The van der Waals surface area contributed by atoms with Gasteiger partial charge in [-0.3, -0.25) is 4.79 Å². The van der Waals surface area contributed by atoms with Gasteiger partial charge in [-0.2, -0.15) is 0 Å². The fourth-order valence-electron chi connectivity index (χ4n) is 3.04. The molecule has 0 radical (unpaired) electrons. The van der Waals surface area contributed by atoms with E-state index >= 15 is 0 Å². The van der Waals surface area contributed by atoms with Crippen molar-refractivity contribution in [1.29, 1.82) is 0 Å². The number of halogens is 1. The van der Waals surface area contributed by atoms with Crippen LogP contribution in [0, 0.1) is 5.82 Å². The Morgan fingerprint density at radius 3 is 2.31 bits per heavy atom. The Balaban J connectivity index is 1.59. The molecule has 1 unspecified atom stereocenters. The Morgan fingerprint density at radius 1 is 0.962 bits per heavy atom. The first-order chi connectivity index (χ1) is 12.6. The zero-order valence-corrected chi connectivity index (χ0v) is 13.7. The van der Waals surface area contributed by atoms with Gasteiger partial charge in [0, 0.05) is 17.5 Å². The van der Waals surface area contributed by atoms with Crippen molar-refractivity contribution in [2.75, 3.05) is 0 Å². The van der Waals surface area contributed by atoms with Gasteiger partial charge in [0.25, 0.3) is 0 Å². The maximum atomic E-state index is 13.0. The molecule has 1 heterocycles. The lowest BCUT2D eigenvalue weighted by atomic mass is 9.86. The highest BCUT2D eigenvalue weighted by Crippen LogP contribution is 2.40. The van der Waals surface area contributed by atoms with Crippen LogP contribution in [0.3, 0.4) is 0 Å². The van der Waals surface area contributed by atoms with E-state index in [1.165, 1.54) is 18.2 Å². The number of hydrogen-bond donors (Lipinski definition) is 1. The van der Waals surface area contributed by atoms with E-state index in [1.54, 1.807) is 36.4 Å². The Kier molecular flexibility index (Phi) is 4.05. The summed E-state index contributed by atoms with van der Waals surface area (Å²) in [5, 5.41) is 9.59. The van der Waals surface area contributed by atoms with Crippen LogP contribution < -0.4 is 9.47 Å². The molecule has 3 aromatic carbocycles. The number of phenols is 1. The fourth-order valence-corrected chi connectivity index (χ4v) is 3.04. The Hall–Kier alpha value is -3.34. The lowest BCUT2D eigenvalue weighted by Crippen LogP contribution is -2.20. The zero-order valence-electron chi connectivity index (χ0n) is 13.7. The number of ether oxygens (including phenoxy) is 2. The third kappa shape index (κ3) is 3.24. The molecular formula is C21H15FO4. The molecule has 0 spiro atoms. The minimum Gasteiger partial charge on any atom is -0.508 e. The van der Waals surface area contributed by atoms with Crippen molar-refractivity contribution in [3.05, 3.63) is 83.7 Å². The Labute approximate surface area is 149 Å². The normalized spacial score (nSPS) is 15.9. The van der Waals surface area contributed by atoms with Gasteiger partial charge >= 0.3 is 5.97 Å². The van der Waals surface area contributed by atoms with Gasteiger partial charge in [-0.05, 0) is 48.0 Å². The number of rotatable bonds is 3. The van der Waals surface area contributed by atoms with E-state index < -0.39 is 0 Å². The Bertz CT molecular complexity index is 949. The van der Waals surface area contributed by atoms with Crippen LogP contribution in [0.2, 0.25) is 0 Å². The molecule has 1 aliphatic heterocycles. The van der Waals surface area contributed by atoms with Crippen molar-refractivity contribution in [1.82, 2.24) is 0 Å². The summed E-state index contributed by atoms with van der Waals surface area (Å²) in [4.78, 5) is 11.9. The lowest BCUT2D eigenvalue weighted by Gasteiger charge is -2.25. The van der Waals surface area contributed by atoms with Gasteiger partial charge in [0.1, 0.15) is 28.8 Å². The second kappa shape index (κ2) is 6.52. The summed E-state index contributed by atoms with van der Waals surface area (Å²) in [6.45, 7) is 0. The Morgan fingerprint density at radius 2 is 1.62 bits per heavy atom. The van der Waals surface area contributed by atoms with E-state index in [4.69, 9.17) is 9.47 Å². The molecule has 1 aliphatic rings. The third-order valence-electron chi connectivity index (χ3n) is 4.30. The summed E-state index contributed by atoms with van der Waals surface area (Å²) in [5.41, 5.74) is 1.80. The van der Waals surface area contributed by atoms with Gasteiger partial charge < -0.3 is 14.6 Å². The summed E-state index contributed by atoms with van der Waals surface area (Å²) in [6.07, 6.45) is 0.232. The van der Waals surface area contributed by atoms with Crippen molar-refractivity contribution < 1.29 is 23.8 Å². The van der Waals surface area contributed by atoms with Gasteiger partial charge in [-0.15, -0.1) is 0 Å². The lowest BCUT2D eigenvalue weighted by molar-refractivity contribution is -0.135. The van der Waals surface area contributed by atoms with E-state index in [0.717, 1.165) is 11.1 Å². The van der Waals surface area contributed by atoms with Gasteiger partial charge in [0.2, 0.25) is 0 Å². The highest BCUT2D eigenvalue weighted by Gasteiger charge is 2.28. The number of carbonyl (C=O) groups excluding carboxylic acids is 1. The third-order valence-corrected chi connectivity index (χ3v) is 4.30. The molecule has 130 valence electrons. The number of carbonyl (C=O) groups is 1. The van der Waals surface area contributed by atoms with Crippen molar-refractivity contribution in [2.45, 2.75) is 12.3 Å². The molecule has 0 bridgehead atoms. The average Bonchev–Trinajstić information content (AvgIpc) is 2.63. The molecule has 1 atom stereocenters. The minimum atomic E-state index is -0.334. The standard InChI is InChI=1S/C21H15FO4/c22-14-3-8-17(9-4-14)25-16-6-1-13(2-7-16)19-12-21(24)26-20-11-15(23)5-10-18(19)20/h1-11,19,23H,12H2. The molecule has 0 aromatic heterocycles. The monoisotopic (exact) mass is 350 g/mol. The average molecular weight is 350 g/mol. The van der Waals surface area contributed by atoms with Gasteiger partial charge in [0.05, 0.1) is 6.42 Å². The quantitative estimate of drug-likeness (QED) is 0.546. The summed E-state index contributed by atoms with van der Waals surface area (Å²) >= 11 is 0. The maximum Gasteiger partial charge on any atom is 0.312 e. The smallest absolute Gasteiger partial charge is 0.312 e. The number of benzene rings is 3. The van der Waals surface area contributed by atoms with Crippen LogP contribution in [-0.2, 0) is 4.79 Å². The minimum absolute atomic E-state index is 0.0558. The maximum absolute atomic E-state index is 13.0. The first kappa shape index (κ1) is 16.1. The fraction of sp³-hybridized carbons (Fsp3) is 0.0952. The summed E-state index contributed by atoms with van der Waals surface area (Å²) in [7, 11) is 0. The van der Waals surface area contributed by atoms with Gasteiger partial charge in [0.15, 0.2) is 0 Å². The van der Waals surface area contributed by atoms with Crippen LogP contribution in [0.4, 0.5) is 4.39 Å². The van der Waals surface area contributed by atoms with Crippen LogP contribution in [-0.4, -0.2) is 11.1 Å². The summed E-state index contributed by atoms with van der Waals surface area (Å²) < 4.78 is 23.9. The molecule has 26 heavy (non-hydrogen) atoms. The van der Waals surface area contributed by atoms with Crippen LogP contribution in [0.15, 0.2) is 66.7 Å². The number of hydrogen-bond acceptors (Lipinski definition) is 4. The first-order valence-corrected chi connectivity index (χ1v) is 8.15. The van der Waals surface area contributed by atoms with E-state index in [-0.39, 0.29) is 29.9 Å². The van der Waals surface area contributed by atoms with Crippen LogP contribution in [0.5, 0.6) is 23.0 Å². The van der Waals surface area contributed by atoms with E-state index in [1.807, 2.05) is 12.1 Å². The molecule has 5 heteroatoms. The van der Waals surface area contributed by atoms with E-state index in [9.17, 15) is 14.3 Å². The van der Waals surface area contributed by atoms with Crippen LogP contribution in [0.1, 0.15) is 23.5 Å². The predicted octanol–water partition coefficient (Wildman–Crippen LogP) is 4.76. The molecule has 4 nitrogen and oxygen atoms in total. The first-order valence-electron chi connectivity index (χ1n) is 8.15. The van der Waals surface area contributed by atoms with Crippen molar-refractivity contribution in [2.24, 2.45) is 0 Å². The number of phenolic OH excluding ortho intramolecular Hbond substituents is 1. The topological polar surface area (TPSA) is 55.8 Å². The van der Waals surface area contributed by atoms with Gasteiger partial charge in [-0.1, -0.05) is 18.2 Å². The van der Waals surface area contributed by atoms with Crippen molar-refractivity contribution in [3.63, 3.8) is 0 Å². The SMILES string of the molecule is O=C1CC(c2ccc(Oc3ccc(F)cc3)cc2)c2ccc(O)cc2O1. The second-order valence-corrected chi connectivity index (χ2v) is 6.08. The van der Waals surface area contributed by atoms with E-state index in [2.05, 4.69) is 0 Å². The molecule has 3 aromatic rings. The molecule has 0 aliphatic carbocycles. The number of fused-ring (bicyclic) bond motifs is 1. The van der Waals surface area contributed by atoms with E-state index in [0.29, 0.717) is 17.2 Å². The molecule has 0 fully saturated rings. The zero-order chi connectivity index (χ0) is 18.1. The largest absolute Gasteiger partial charge is 0.508 e. The molecule has 4 rings (SSSR count). The highest BCUT2D eigenvalue weighted by atomic mass is 19.1. The van der Waals surface area contributed by atoms with Crippen LogP contribution >= 0.6 is 0 Å². The summed E-state index contributed by atoms with van der Waals surface area (Å²) in [6, 6.07) is 18.0. The number of aromatic hydroxyl groups is 1. The molecular weight excluding hydrogens is 335 g/mol. The second-order valence-electron chi connectivity index (χ2n) is 6.08. The van der Waals surface area contributed by atoms with Crippen LogP contribution in [0.25, 0.3) is 0 Å².